The van der Waals surface area contributed by atoms with E-state index in [1.807, 2.05) is 84.3 Å². The third kappa shape index (κ3) is 2.44. The van der Waals surface area contributed by atoms with E-state index in [1.165, 1.54) is 10.1 Å². The second-order valence-electron chi connectivity index (χ2n) is 6.51. The van der Waals surface area contributed by atoms with Gasteiger partial charge in [-0.1, -0.05) is 60.2 Å². The molecule has 0 N–H and O–H groups in total. The topological polar surface area (TPSA) is 52.2 Å². The first-order valence-corrected chi connectivity index (χ1v) is 8.75. The summed E-state index contributed by atoms with van der Waals surface area (Å²) in [5.74, 6) is 1.18. The van der Waals surface area contributed by atoms with E-state index < -0.39 is 0 Å². The van der Waals surface area contributed by atoms with E-state index in [2.05, 4.69) is 5.10 Å². The van der Waals surface area contributed by atoms with Crippen LogP contribution in [0, 0.1) is 6.92 Å². The molecule has 0 atom stereocenters. The molecule has 5 aromatic rings. The Morgan fingerprint density at radius 1 is 0.815 bits per heavy atom. The van der Waals surface area contributed by atoms with Gasteiger partial charge in [0.05, 0.1) is 16.6 Å². The van der Waals surface area contributed by atoms with Gasteiger partial charge < -0.3 is 0 Å². The van der Waals surface area contributed by atoms with Gasteiger partial charge in [0.25, 0.3) is 5.56 Å². The second kappa shape index (κ2) is 5.92. The van der Waals surface area contributed by atoms with Crippen LogP contribution in [0.4, 0.5) is 0 Å². The van der Waals surface area contributed by atoms with Crippen LogP contribution >= 0.6 is 0 Å². The molecule has 0 unspecified atom stereocenters. The summed E-state index contributed by atoms with van der Waals surface area (Å²) in [5.41, 5.74) is 3.50. The molecule has 0 saturated heterocycles. The molecular weight excluding hydrogens is 336 g/mol. The number of hydrogen-bond donors (Lipinski definition) is 0. The highest BCUT2D eigenvalue weighted by Crippen LogP contribution is 2.24. The normalized spacial score (nSPS) is 11.3. The predicted molar refractivity (Wildman–Crippen MR) is 106 cm³/mol. The van der Waals surface area contributed by atoms with Crippen molar-refractivity contribution in [1.82, 2.24) is 19.2 Å². The van der Waals surface area contributed by atoms with Gasteiger partial charge in [0.15, 0.2) is 5.82 Å². The quantitative estimate of drug-likeness (QED) is 0.482. The van der Waals surface area contributed by atoms with Crippen molar-refractivity contribution in [2.75, 3.05) is 0 Å². The van der Waals surface area contributed by atoms with Crippen LogP contribution < -0.4 is 5.56 Å². The third-order valence-corrected chi connectivity index (χ3v) is 4.67. The Morgan fingerprint density at radius 3 is 2.30 bits per heavy atom. The maximum absolute atomic E-state index is 13.0. The van der Waals surface area contributed by atoms with Crippen LogP contribution in [0.15, 0.2) is 83.7 Å². The fourth-order valence-corrected chi connectivity index (χ4v) is 3.29. The van der Waals surface area contributed by atoms with E-state index in [0.29, 0.717) is 22.5 Å². The first-order valence-electron chi connectivity index (χ1n) is 8.75. The van der Waals surface area contributed by atoms with E-state index in [1.54, 1.807) is 6.07 Å². The average Bonchev–Trinajstić information content (AvgIpc) is 3.09. The minimum atomic E-state index is -0.168. The van der Waals surface area contributed by atoms with Crippen LogP contribution in [-0.2, 0) is 0 Å². The molecule has 0 fully saturated rings. The fraction of sp³-hybridized carbons (Fsp3) is 0.0455. The molecule has 130 valence electrons. The molecule has 5 nitrogen and oxygen atoms in total. The summed E-state index contributed by atoms with van der Waals surface area (Å²) in [6.07, 6.45) is 0. The Bertz CT molecular complexity index is 1330. The number of nitrogens with zero attached hydrogens (tertiary/aromatic N) is 4. The molecule has 2 aromatic heterocycles. The Hall–Kier alpha value is -3.73. The monoisotopic (exact) mass is 352 g/mol. The minimum Gasteiger partial charge on any atom is -0.267 e. The van der Waals surface area contributed by atoms with Gasteiger partial charge in [-0.05, 0) is 31.2 Å². The van der Waals surface area contributed by atoms with Crippen molar-refractivity contribution in [3.63, 3.8) is 0 Å². The second-order valence-corrected chi connectivity index (χ2v) is 6.51. The van der Waals surface area contributed by atoms with Gasteiger partial charge in [0, 0.05) is 5.56 Å². The number of aryl methyl sites for hydroxylation is 1. The molecule has 5 rings (SSSR count). The number of aromatic nitrogens is 4. The lowest BCUT2D eigenvalue weighted by atomic mass is 10.2. The Labute approximate surface area is 155 Å². The van der Waals surface area contributed by atoms with Crippen LogP contribution in [0.5, 0.6) is 0 Å². The standard InChI is InChI=1S/C22H16N4O/c1-15-11-13-17(14-12-15)25-20(16-7-3-2-4-8-16)24-26-21(27)18-9-5-6-10-19(18)23-22(25)26/h2-14H,1H3. The highest BCUT2D eigenvalue weighted by atomic mass is 16.1. The Kier molecular flexibility index (Phi) is 3.40. The molecule has 27 heavy (non-hydrogen) atoms. The lowest BCUT2D eigenvalue weighted by molar-refractivity contribution is 0.917. The van der Waals surface area contributed by atoms with Crippen molar-refractivity contribution in [3.05, 3.63) is 94.8 Å². The van der Waals surface area contributed by atoms with Gasteiger partial charge in [-0.3, -0.25) is 9.36 Å². The summed E-state index contributed by atoms with van der Waals surface area (Å²) < 4.78 is 3.33. The van der Waals surface area contributed by atoms with Crippen molar-refractivity contribution < 1.29 is 0 Å². The largest absolute Gasteiger partial charge is 0.283 e. The van der Waals surface area contributed by atoms with Crippen molar-refractivity contribution in [2.45, 2.75) is 6.92 Å². The molecule has 5 heteroatoms. The molecule has 0 spiro atoms. The first-order chi connectivity index (χ1) is 13.2. The maximum atomic E-state index is 13.0. The molecule has 3 aromatic carbocycles. The number of para-hydroxylation sites is 1. The summed E-state index contributed by atoms with van der Waals surface area (Å²) in [6, 6.07) is 25.3. The third-order valence-electron chi connectivity index (χ3n) is 4.67. The van der Waals surface area contributed by atoms with E-state index in [0.717, 1.165) is 11.3 Å². The summed E-state index contributed by atoms with van der Waals surface area (Å²) >= 11 is 0. The summed E-state index contributed by atoms with van der Waals surface area (Å²) in [5, 5.41) is 5.19. The van der Waals surface area contributed by atoms with Crippen molar-refractivity contribution in [3.8, 4) is 17.1 Å². The zero-order valence-electron chi connectivity index (χ0n) is 14.7. The molecule has 0 aliphatic heterocycles. The fourth-order valence-electron chi connectivity index (χ4n) is 3.29. The number of rotatable bonds is 2. The van der Waals surface area contributed by atoms with Gasteiger partial charge in [-0.2, -0.15) is 4.52 Å². The van der Waals surface area contributed by atoms with Crippen LogP contribution in [0.1, 0.15) is 5.56 Å². The molecule has 0 saturated carbocycles. The zero-order chi connectivity index (χ0) is 18.4. The molecule has 0 aliphatic carbocycles. The maximum Gasteiger partial charge on any atom is 0.283 e. The van der Waals surface area contributed by atoms with Gasteiger partial charge in [-0.15, -0.1) is 5.10 Å². The Balaban J connectivity index is 1.94. The molecular formula is C22H16N4O. The molecule has 2 heterocycles. The van der Waals surface area contributed by atoms with Crippen molar-refractivity contribution in [1.29, 1.82) is 0 Å². The number of fused-ring (bicyclic) bond motifs is 2. The highest BCUT2D eigenvalue weighted by Gasteiger charge is 2.18. The van der Waals surface area contributed by atoms with Gasteiger partial charge >= 0.3 is 0 Å². The van der Waals surface area contributed by atoms with Gasteiger partial charge in [0.2, 0.25) is 5.78 Å². The summed E-state index contributed by atoms with van der Waals surface area (Å²) in [4.78, 5) is 17.8. The van der Waals surface area contributed by atoms with Gasteiger partial charge in [-0.25, -0.2) is 4.98 Å². The Morgan fingerprint density at radius 2 is 1.52 bits per heavy atom. The summed E-state index contributed by atoms with van der Waals surface area (Å²) in [6.45, 7) is 2.05. The lowest BCUT2D eigenvalue weighted by Gasteiger charge is -2.08. The van der Waals surface area contributed by atoms with Crippen molar-refractivity contribution >= 4 is 16.7 Å². The number of hydrogen-bond acceptors (Lipinski definition) is 3. The van der Waals surface area contributed by atoms with Crippen LogP contribution in [0.25, 0.3) is 33.8 Å². The minimum absolute atomic E-state index is 0.168. The van der Waals surface area contributed by atoms with E-state index in [-0.39, 0.29) is 5.56 Å². The number of benzene rings is 3. The molecule has 0 aliphatic rings. The van der Waals surface area contributed by atoms with Crippen molar-refractivity contribution in [2.24, 2.45) is 0 Å². The lowest BCUT2D eigenvalue weighted by Crippen LogP contribution is -2.16. The van der Waals surface area contributed by atoms with E-state index in [4.69, 9.17) is 4.98 Å². The van der Waals surface area contributed by atoms with Crippen LogP contribution in [-0.4, -0.2) is 19.2 Å². The van der Waals surface area contributed by atoms with E-state index >= 15 is 0 Å². The first kappa shape index (κ1) is 15.5. The van der Waals surface area contributed by atoms with Crippen LogP contribution in [0.3, 0.4) is 0 Å². The molecule has 0 amide bonds. The smallest absolute Gasteiger partial charge is 0.267 e. The molecule has 0 bridgehead atoms. The highest BCUT2D eigenvalue weighted by molar-refractivity contribution is 5.79. The zero-order valence-corrected chi connectivity index (χ0v) is 14.7. The predicted octanol–water partition coefficient (Wildman–Crippen LogP) is 4.01. The van der Waals surface area contributed by atoms with Gasteiger partial charge in [0.1, 0.15) is 0 Å². The molecule has 0 radical (unpaired) electrons. The van der Waals surface area contributed by atoms with E-state index in [9.17, 15) is 4.79 Å². The van der Waals surface area contributed by atoms with Crippen LogP contribution in [0.2, 0.25) is 0 Å². The summed E-state index contributed by atoms with van der Waals surface area (Å²) in [7, 11) is 0. The average molecular weight is 352 g/mol. The SMILES string of the molecule is Cc1ccc(-n2c(-c3ccccc3)nn3c(=O)c4ccccc4nc23)cc1.